The van der Waals surface area contributed by atoms with Crippen molar-refractivity contribution < 1.29 is 9.53 Å². The van der Waals surface area contributed by atoms with Gasteiger partial charge in [-0.05, 0) is 17.2 Å². The standard InChI is InChI=1S/C13H14ClNO2/c1-15-11-3-2-10(4-9(11)5-12(15)16)13(6-14)7-17-8-13/h2-4H,5-8H2,1H3. The topological polar surface area (TPSA) is 29.5 Å². The second kappa shape index (κ2) is 3.72. The predicted molar refractivity (Wildman–Crippen MR) is 66.8 cm³/mol. The van der Waals surface area contributed by atoms with Crippen molar-refractivity contribution in [2.24, 2.45) is 0 Å². The van der Waals surface area contributed by atoms with Crippen molar-refractivity contribution in [3.05, 3.63) is 29.3 Å². The first-order valence-corrected chi connectivity index (χ1v) is 6.23. The van der Waals surface area contributed by atoms with Crippen molar-refractivity contribution in [3.8, 4) is 0 Å². The van der Waals surface area contributed by atoms with E-state index in [0.29, 0.717) is 25.5 Å². The number of anilines is 1. The summed E-state index contributed by atoms with van der Waals surface area (Å²) in [4.78, 5) is 13.3. The SMILES string of the molecule is CN1C(=O)Cc2cc(C3(CCl)COC3)ccc21. The number of carbonyl (C=O) groups is 1. The van der Waals surface area contributed by atoms with Crippen molar-refractivity contribution >= 4 is 23.2 Å². The van der Waals surface area contributed by atoms with E-state index in [1.54, 1.807) is 4.90 Å². The summed E-state index contributed by atoms with van der Waals surface area (Å²) in [6, 6.07) is 6.20. The highest BCUT2D eigenvalue weighted by atomic mass is 35.5. The molecule has 3 nitrogen and oxygen atoms in total. The number of rotatable bonds is 2. The molecule has 3 rings (SSSR count). The summed E-state index contributed by atoms with van der Waals surface area (Å²) in [5.74, 6) is 0.720. The number of amides is 1. The van der Waals surface area contributed by atoms with Gasteiger partial charge in [0.05, 0.1) is 25.0 Å². The van der Waals surface area contributed by atoms with E-state index in [9.17, 15) is 4.79 Å². The third-order valence-electron chi connectivity index (χ3n) is 3.78. The number of fused-ring (bicyclic) bond motifs is 1. The average molecular weight is 252 g/mol. The maximum Gasteiger partial charge on any atom is 0.231 e. The van der Waals surface area contributed by atoms with E-state index in [4.69, 9.17) is 16.3 Å². The van der Waals surface area contributed by atoms with Gasteiger partial charge in [-0.2, -0.15) is 0 Å². The lowest BCUT2D eigenvalue weighted by molar-refractivity contribution is -0.117. The van der Waals surface area contributed by atoms with E-state index in [-0.39, 0.29) is 11.3 Å². The summed E-state index contributed by atoms with van der Waals surface area (Å²) >= 11 is 6.05. The van der Waals surface area contributed by atoms with Crippen LogP contribution in [0.15, 0.2) is 18.2 Å². The van der Waals surface area contributed by atoms with Crippen molar-refractivity contribution in [2.45, 2.75) is 11.8 Å². The zero-order valence-corrected chi connectivity index (χ0v) is 10.5. The molecule has 90 valence electrons. The van der Waals surface area contributed by atoms with Gasteiger partial charge in [0.15, 0.2) is 0 Å². The number of alkyl halides is 1. The van der Waals surface area contributed by atoms with Crippen LogP contribution in [-0.4, -0.2) is 32.0 Å². The molecule has 0 aromatic heterocycles. The van der Waals surface area contributed by atoms with E-state index < -0.39 is 0 Å². The minimum atomic E-state index is -0.0409. The Balaban J connectivity index is 2.00. The lowest BCUT2D eigenvalue weighted by Crippen LogP contribution is -2.48. The van der Waals surface area contributed by atoms with Gasteiger partial charge < -0.3 is 9.64 Å². The highest BCUT2D eigenvalue weighted by Crippen LogP contribution is 2.37. The van der Waals surface area contributed by atoms with Crippen molar-refractivity contribution in [1.82, 2.24) is 0 Å². The summed E-state index contributed by atoms with van der Waals surface area (Å²) in [7, 11) is 1.82. The van der Waals surface area contributed by atoms with Crippen molar-refractivity contribution in [1.29, 1.82) is 0 Å². The van der Waals surface area contributed by atoms with E-state index in [2.05, 4.69) is 12.1 Å². The third kappa shape index (κ3) is 1.49. The molecular weight excluding hydrogens is 238 g/mol. The second-order valence-electron chi connectivity index (χ2n) is 4.88. The number of ether oxygens (including phenoxy) is 1. The number of benzene rings is 1. The largest absolute Gasteiger partial charge is 0.379 e. The normalized spacial score (nSPS) is 21.3. The Bertz CT molecular complexity index is 477. The maximum atomic E-state index is 11.6. The van der Waals surface area contributed by atoms with E-state index in [1.807, 2.05) is 13.1 Å². The van der Waals surface area contributed by atoms with Crippen LogP contribution in [0.3, 0.4) is 0 Å². The van der Waals surface area contributed by atoms with E-state index in [0.717, 1.165) is 11.3 Å². The molecule has 2 aliphatic heterocycles. The lowest BCUT2D eigenvalue weighted by Gasteiger charge is -2.40. The first-order chi connectivity index (χ1) is 8.16. The van der Waals surface area contributed by atoms with Gasteiger partial charge in [0.25, 0.3) is 0 Å². The highest BCUT2D eigenvalue weighted by Gasteiger charge is 2.40. The number of nitrogens with zero attached hydrogens (tertiary/aromatic N) is 1. The predicted octanol–water partition coefficient (Wildman–Crippen LogP) is 1.71. The summed E-state index contributed by atoms with van der Waals surface area (Å²) < 4.78 is 5.28. The number of hydrogen-bond donors (Lipinski definition) is 0. The summed E-state index contributed by atoms with van der Waals surface area (Å²) in [6.45, 7) is 1.36. The number of halogens is 1. The highest BCUT2D eigenvalue weighted by molar-refractivity contribution is 6.18. The fraction of sp³-hybridized carbons (Fsp3) is 0.462. The molecule has 0 saturated carbocycles. The van der Waals surface area contributed by atoms with Crippen LogP contribution < -0.4 is 4.90 Å². The van der Waals surface area contributed by atoms with Crippen LogP contribution in [0.4, 0.5) is 5.69 Å². The average Bonchev–Trinajstić information content (AvgIpc) is 2.54. The Kier molecular flexibility index (Phi) is 2.42. The maximum absolute atomic E-state index is 11.6. The number of carbonyl (C=O) groups excluding carboxylic acids is 1. The van der Waals surface area contributed by atoms with Crippen molar-refractivity contribution in [3.63, 3.8) is 0 Å². The van der Waals surface area contributed by atoms with Crippen molar-refractivity contribution in [2.75, 3.05) is 31.0 Å². The van der Waals surface area contributed by atoms with E-state index >= 15 is 0 Å². The molecular formula is C13H14ClNO2. The first-order valence-electron chi connectivity index (χ1n) is 5.70. The third-order valence-corrected chi connectivity index (χ3v) is 4.29. The summed E-state index contributed by atoms with van der Waals surface area (Å²) in [6.07, 6.45) is 0.499. The molecule has 1 saturated heterocycles. The molecule has 0 unspecified atom stereocenters. The fourth-order valence-electron chi connectivity index (χ4n) is 2.47. The summed E-state index contributed by atoms with van der Waals surface area (Å²) in [5.41, 5.74) is 3.27. The smallest absolute Gasteiger partial charge is 0.231 e. The zero-order chi connectivity index (χ0) is 12.0. The summed E-state index contributed by atoms with van der Waals surface area (Å²) in [5, 5.41) is 0. The molecule has 0 N–H and O–H groups in total. The van der Waals surface area contributed by atoms with Gasteiger partial charge in [0.2, 0.25) is 5.91 Å². The molecule has 2 aliphatic rings. The van der Waals surface area contributed by atoms with Crippen LogP contribution in [0.1, 0.15) is 11.1 Å². The first kappa shape index (κ1) is 11.1. The molecule has 17 heavy (non-hydrogen) atoms. The molecule has 0 bridgehead atoms. The second-order valence-corrected chi connectivity index (χ2v) is 5.15. The molecule has 0 spiro atoms. The van der Waals surface area contributed by atoms with Crippen LogP contribution >= 0.6 is 11.6 Å². The van der Waals surface area contributed by atoms with Gasteiger partial charge in [0, 0.05) is 18.6 Å². The fourth-order valence-corrected chi connectivity index (χ4v) is 2.78. The van der Waals surface area contributed by atoms with Crippen LogP contribution in [0, 0.1) is 0 Å². The minimum Gasteiger partial charge on any atom is -0.379 e. The van der Waals surface area contributed by atoms with Crippen LogP contribution in [0.25, 0.3) is 0 Å². The molecule has 1 fully saturated rings. The Morgan fingerprint density at radius 1 is 1.47 bits per heavy atom. The lowest BCUT2D eigenvalue weighted by atomic mass is 9.80. The molecule has 0 aliphatic carbocycles. The van der Waals surface area contributed by atoms with Gasteiger partial charge in [-0.1, -0.05) is 12.1 Å². The van der Waals surface area contributed by atoms with Gasteiger partial charge in [0.1, 0.15) is 0 Å². The van der Waals surface area contributed by atoms with Gasteiger partial charge >= 0.3 is 0 Å². The van der Waals surface area contributed by atoms with Crippen LogP contribution in [-0.2, 0) is 21.4 Å². The Morgan fingerprint density at radius 2 is 2.24 bits per heavy atom. The zero-order valence-electron chi connectivity index (χ0n) is 9.70. The molecule has 1 aromatic rings. The van der Waals surface area contributed by atoms with Gasteiger partial charge in [-0.25, -0.2) is 0 Å². The molecule has 4 heteroatoms. The van der Waals surface area contributed by atoms with Crippen LogP contribution in [0.2, 0.25) is 0 Å². The number of hydrogen-bond acceptors (Lipinski definition) is 2. The monoisotopic (exact) mass is 251 g/mol. The van der Waals surface area contributed by atoms with Gasteiger partial charge in [-0.15, -0.1) is 11.6 Å². The Hall–Kier alpha value is -1.06. The molecule has 1 aromatic carbocycles. The molecule has 0 radical (unpaired) electrons. The molecule has 0 atom stereocenters. The Labute approximate surface area is 105 Å². The van der Waals surface area contributed by atoms with Gasteiger partial charge in [-0.3, -0.25) is 4.79 Å². The Morgan fingerprint density at radius 3 is 2.82 bits per heavy atom. The molecule has 2 heterocycles. The van der Waals surface area contributed by atoms with E-state index in [1.165, 1.54) is 5.56 Å². The quantitative estimate of drug-likeness (QED) is 0.749. The molecule has 1 amide bonds. The number of likely N-dealkylation sites (N-methyl/N-ethyl adjacent to an activating group) is 1. The van der Waals surface area contributed by atoms with Crippen LogP contribution in [0.5, 0.6) is 0 Å². The minimum absolute atomic E-state index is 0.0409.